The average molecular weight is 362 g/mol. The molecule has 0 unspecified atom stereocenters. The van der Waals surface area contributed by atoms with Crippen LogP contribution in [0.1, 0.15) is 65.0 Å². The predicted octanol–water partition coefficient (Wildman–Crippen LogP) is 4.00. The molecule has 2 heterocycles. The SMILES string of the molecule is Cc1nc2c(C(=O)NC3CCCCC3)cnn2c(C)c1Cc1ccccc1. The van der Waals surface area contributed by atoms with E-state index in [-0.39, 0.29) is 11.9 Å². The number of hydrogen-bond acceptors (Lipinski definition) is 3. The topological polar surface area (TPSA) is 59.3 Å². The van der Waals surface area contributed by atoms with E-state index >= 15 is 0 Å². The summed E-state index contributed by atoms with van der Waals surface area (Å²) in [6, 6.07) is 10.6. The van der Waals surface area contributed by atoms with Gasteiger partial charge in [0.1, 0.15) is 5.56 Å². The first kappa shape index (κ1) is 17.7. The molecule has 1 aliphatic carbocycles. The fourth-order valence-corrected chi connectivity index (χ4v) is 4.04. The summed E-state index contributed by atoms with van der Waals surface area (Å²) >= 11 is 0. The summed E-state index contributed by atoms with van der Waals surface area (Å²) in [4.78, 5) is 17.5. The lowest BCUT2D eigenvalue weighted by Gasteiger charge is -2.22. The summed E-state index contributed by atoms with van der Waals surface area (Å²) in [7, 11) is 0. The van der Waals surface area contributed by atoms with Crippen LogP contribution < -0.4 is 5.32 Å². The molecule has 5 heteroatoms. The molecule has 0 aliphatic heterocycles. The van der Waals surface area contributed by atoms with Crippen molar-refractivity contribution in [1.82, 2.24) is 19.9 Å². The second-order valence-corrected chi connectivity index (χ2v) is 7.53. The molecule has 1 N–H and O–H groups in total. The molecule has 0 atom stereocenters. The van der Waals surface area contributed by atoms with Crippen molar-refractivity contribution in [2.24, 2.45) is 0 Å². The summed E-state index contributed by atoms with van der Waals surface area (Å²) in [5.41, 5.74) is 5.62. The second kappa shape index (κ2) is 7.51. The lowest BCUT2D eigenvalue weighted by Crippen LogP contribution is -2.36. The molecule has 1 aliphatic rings. The van der Waals surface area contributed by atoms with Gasteiger partial charge in [-0.3, -0.25) is 4.79 Å². The summed E-state index contributed by atoms with van der Waals surface area (Å²) in [6.07, 6.45) is 8.25. The second-order valence-electron chi connectivity index (χ2n) is 7.53. The number of hydrogen-bond donors (Lipinski definition) is 1. The summed E-state index contributed by atoms with van der Waals surface area (Å²) in [5.74, 6) is -0.0565. The number of benzene rings is 1. The molecule has 1 fully saturated rings. The molecule has 5 nitrogen and oxygen atoms in total. The molecule has 140 valence electrons. The Hall–Kier alpha value is -2.69. The van der Waals surface area contributed by atoms with Gasteiger partial charge in [0, 0.05) is 23.9 Å². The summed E-state index contributed by atoms with van der Waals surface area (Å²) in [6.45, 7) is 4.07. The highest BCUT2D eigenvalue weighted by Crippen LogP contribution is 2.21. The molecule has 0 saturated heterocycles. The first-order valence-corrected chi connectivity index (χ1v) is 9.82. The van der Waals surface area contributed by atoms with E-state index in [9.17, 15) is 4.79 Å². The van der Waals surface area contributed by atoms with E-state index in [1.54, 1.807) is 10.7 Å². The Kier molecular flexibility index (Phi) is 4.92. The Morgan fingerprint density at radius 3 is 2.63 bits per heavy atom. The monoisotopic (exact) mass is 362 g/mol. The Bertz CT molecular complexity index is 955. The summed E-state index contributed by atoms with van der Waals surface area (Å²) < 4.78 is 1.81. The van der Waals surface area contributed by atoms with Gasteiger partial charge in [0.2, 0.25) is 0 Å². The third-order valence-corrected chi connectivity index (χ3v) is 5.62. The quantitative estimate of drug-likeness (QED) is 0.763. The number of rotatable bonds is 4. The number of amides is 1. The maximum atomic E-state index is 12.8. The largest absolute Gasteiger partial charge is 0.349 e. The van der Waals surface area contributed by atoms with Crippen molar-refractivity contribution < 1.29 is 4.79 Å². The minimum atomic E-state index is -0.0565. The van der Waals surface area contributed by atoms with Gasteiger partial charge in [0.15, 0.2) is 5.65 Å². The molecule has 2 aromatic heterocycles. The number of nitrogens with one attached hydrogen (secondary N) is 1. The number of aromatic nitrogens is 3. The van der Waals surface area contributed by atoms with Crippen molar-refractivity contribution in [3.63, 3.8) is 0 Å². The zero-order valence-corrected chi connectivity index (χ0v) is 16.0. The van der Waals surface area contributed by atoms with Crippen LogP contribution in [0.4, 0.5) is 0 Å². The van der Waals surface area contributed by atoms with Crippen LogP contribution in [-0.2, 0) is 6.42 Å². The van der Waals surface area contributed by atoms with Crippen LogP contribution in [0.3, 0.4) is 0 Å². The highest BCUT2D eigenvalue weighted by Gasteiger charge is 2.21. The predicted molar refractivity (Wildman–Crippen MR) is 106 cm³/mol. The van der Waals surface area contributed by atoms with Gasteiger partial charge >= 0.3 is 0 Å². The molecule has 4 rings (SSSR count). The van der Waals surface area contributed by atoms with E-state index in [4.69, 9.17) is 4.98 Å². The van der Waals surface area contributed by atoms with E-state index in [1.165, 1.54) is 24.8 Å². The van der Waals surface area contributed by atoms with Crippen LogP contribution in [-0.4, -0.2) is 26.5 Å². The zero-order valence-electron chi connectivity index (χ0n) is 16.0. The van der Waals surface area contributed by atoms with Crippen LogP contribution >= 0.6 is 0 Å². The van der Waals surface area contributed by atoms with Gasteiger partial charge in [-0.05, 0) is 37.8 Å². The molecular formula is C22H26N4O. The van der Waals surface area contributed by atoms with Gasteiger partial charge in [-0.2, -0.15) is 5.10 Å². The normalized spacial score (nSPS) is 15.2. The van der Waals surface area contributed by atoms with Crippen molar-refractivity contribution in [3.8, 4) is 0 Å². The fraction of sp³-hybridized carbons (Fsp3) is 0.409. The lowest BCUT2D eigenvalue weighted by molar-refractivity contribution is 0.0929. The number of nitrogens with zero attached hydrogens (tertiary/aromatic N) is 3. The maximum absolute atomic E-state index is 12.8. The third kappa shape index (κ3) is 3.59. The highest BCUT2D eigenvalue weighted by atomic mass is 16.1. The van der Waals surface area contributed by atoms with Crippen molar-refractivity contribution in [1.29, 1.82) is 0 Å². The van der Waals surface area contributed by atoms with Gasteiger partial charge < -0.3 is 5.32 Å². The number of carbonyl (C=O) groups is 1. The molecular weight excluding hydrogens is 336 g/mol. The number of aryl methyl sites for hydroxylation is 2. The zero-order chi connectivity index (χ0) is 18.8. The third-order valence-electron chi connectivity index (χ3n) is 5.62. The standard InChI is InChI=1S/C22H26N4O/c1-15-19(13-17-9-5-3-6-10-17)16(2)26-21(24-15)20(14-23-26)22(27)25-18-11-7-4-8-12-18/h3,5-6,9-10,14,18H,4,7-8,11-13H2,1-2H3,(H,25,27). The Morgan fingerprint density at radius 1 is 1.15 bits per heavy atom. The first-order valence-electron chi connectivity index (χ1n) is 9.82. The number of carbonyl (C=O) groups excluding carboxylic acids is 1. The van der Waals surface area contributed by atoms with Crippen LogP contribution in [0, 0.1) is 13.8 Å². The van der Waals surface area contributed by atoms with Crippen LogP contribution in [0.15, 0.2) is 36.5 Å². The first-order chi connectivity index (χ1) is 13.1. The highest BCUT2D eigenvalue weighted by molar-refractivity contribution is 5.99. The Morgan fingerprint density at radius 2 is 1.89 bits per heavy atom. The molecule has 0 radical (unpaired) electrons. The van der Waals surface area contributed by atoms with Crippen molar-refractivity contribution in [2.45, 2.75) is 58.4 Å². The van der Waals surface area contributed by atoms with Crippen LogP contribution in [0.5, 0.6) is 0 Å². The van der Waals surface area contributed by atoms with Gasteiger partial charge in [0.25, 0.3) is 5.91 Å². The van der Waals surface area contributed by atoms with E-state index in [0.29, 0.717) is 11.2 Å². The Labute approximate surface area is 159 Å². The van der Waals surface area contributed by atoms with E-state index < -0.39 is 0 Å². The minimum absolute atomic E-state index is 0.0565. The van der Waals surface area contributed by atoms with E-state index in [0.717, 1.165) is 36.2 Å². The molecule has 1 aromatic carbocycles. The smallest absolute Gasteiger partial charge is 0.256 e. The molecule has 0 spiro atoms. The van der Waals surface area contributed by atoms with Crippen LogP contribution in [0.2, 0.25) is 0 Å². The van der Waals surface area contributed by atoms with E-state index in [2.05, 4.69) is 29.5 Å². The molecule has 27 heavy (non-hydrogen) atoms. The lowest BCUT2D eigenvalue weighted by atomic mass is 9.95. The molecule has 0 bridgehead atoms. The molecule has 3 aromatic rings. The van der Waals surface area contributed by atoms with E-state index in [1.807, 2.05) is 25.1 Å². The van der Waals surface area contributed by atoms with Gasteiger partial charge in [-0.1, -0.05) is 49.6 Å². The molecule has 1 saturated carbocycles. The average Bonchev–Trinajstić information content (AvgIpc) is 3.11. The maximum Gasteiger partial charge on any atom is 0.256 e. The van der Waals surface area contributed by atoms with Gasteiger partial charge in [-0.25, -0.2) is 9.50 Å². The number of fused-ring (bicyclic) bond motifs is 1. The minimum Gasteiger partial charge on any atom is -0.349 e. The van der Waals surface area contributed by atoms with Gasteiger partial charge in [0.05, 0.1) is 6.20 Å². The van der Waals surface area contributed by atoms with Crippen LogP contribution in [0.25, 0.3) is 5.65 Å². The van der Waals surface area contributed by atoms with Crippen molar-refractivity contribution in [2.75, 3.05) is 0 Å². The summed E-state index contributed by atoms with van der Waals surface area (Å²) in [5, 5.41) is 7.64. The fourth-order valence-electron chi connectivity index (χ4n) is 4.04. The molecule has 1 amide bonds. The van der Waals surface area contributed by atoms with Crippen molar-refractivity contribution >= 4 is 11.6 Å². The Balaban J connectivity index is 1.64. The van der Waals surface area contributed by atoms with Crippen molar-refractivity contribution in [3.05, 3.63) is 64.6 Å². The van der Waals surface area contributed by atoms with Gasteiger partial charge in [-0.15, -0.1) is 0 Å².